The number of aliphatic imine (C=N–C) groups is 1. The third-order valence-electron chi connectivity index (χ3n) is 5.37. The van der Waals surface area contributed by atoms with Crippen LogP contribution in [-0.4, -0.2) is 15.3 Å². The molecular formula is C24H22BrN3. The first-order chi connectivity index (χ1) is 13.2. The zero-order chi connectivity index (χ0) is 18.4. The first-order valence-electron chi connectivity index (χ1n) is 9.28. The molecule has 3 heterocycles. The van der Waals surface area contributed by atoms with Gasteiger partial charge in [0.2, 0.25) is 0 Å². The summed E-state index contributed by atoms with van der Waals surface area (Å²) in [5, 5.41) is 1.19. The standard InChI is InChI=1S/C24H21N3.BrH/c1-17-16-22(27-15-9-8-13-20(17)27)25-23-19-12-6-7-14-21(19)26(2)24(23)18-10-4-3-5-11-18;/h3-15H,16H2,1-2H3;1H. The lowest BCUT2D eigenvalue weighted by Crippen LogP contribution is -2.19. The Bertz CT molecular complexity index is 1160. The summed E-state index contributed by atoms with van der Waals surface area (Å²) in [4.78, 5) is 7.43. The van der Waals surface area contributed by atoms with Gasteiger partial charge in [-0.2, -0.15) is 0 Å². The average Bonchev–Trinajstić information content (AvgIpc) is 3.18. The van der Waals surface area contributed by atoms with Gasteiger partial charge in [0.15, 0.2) is 0 Å². The van der Waals surface area contributed by atoms with Gasteiger partial charge in [-0.1, -0.05) is 54.6 Å². The van der Waals surface area contributed by atoms with Crippen molar-refractivity contribution >= 4 is 39.4 Å². The number of hydrogen-bond donors (Lipinski definition) is 0. The Morgan fingerprint density at radius 1 is 0.929 bits per heavy atom. The van der Waals surface area contributed by atoms with Gasteiger partial charge in [0.1, 0.15) is 5.84 Å². The van der Waals surface area contributed by atoms with Gasteiger partial charge in [-0.15, -0.1) is 17.0 Å². The van der Waals surface area contributed by atoms with Crippen LogP contribution in [0.4, 0.5) is 5.69 Å². The van der Waals surface area contributed by atoms with Gasteiger partial charge in [-0.05, 0) is 30.7 Å². The largest absolute Gasteiger partial charge is 0.342 e. The van der Waals surface area contributed by atoms with Crippen molar-refractivity contribution in [3.05, 3.63) is 90.3 Å². The van der Waals surface area contributed by atoms with Gasteiger partial charge in [-0.3, -0.25) is 0 Å². The second kappa shape index (κ2) is 7.28. The highest BCUT2D eigenvalue weighted by Crippen LogP contribution is 2.41. The molecule has 0 spiro atoms. The summed E-state index contributed by atoms with van der Waals surface area (Å²) < 4.78 is 2.26. The van der Waals surface area contributed by atoms with Crippen molar-refractivity contribution in [3.8, 4) is 11.3 Å². The summed E-state index contributed by atoms with van der Waals surface area (Å²) in [6.45, 7) is 2.19. The van der Waals surface area contributed by atoms with Crippen LogP contribution in [0, 0.1) is 0 Å². The van der Waals surface area contributed by atoms with E-state index in [2.05, 4.69) is 102 Å². The number of para-hydroxylation sites is 1. The van der Waals surface area contributed by atoms with E-state index in [9.17, 15) is 0 Å². The maximum atomic E-state index is 5.21. The van der Waals surface area contributed by atoms with Crippen LogP contribution in [-0.2, 0) is 7.05 Å². The SMILES string of the molecule is Br.CC1=C2C=CC=CN2C(=Nc2c(-c3ccccc3)n(C)c3ccccc23)C1. The van der Waals surface area contributed by atoms with Crippen molar-refractivity contribution in [1.29, 1.82) is 0 Å². The first-order valence-corrected chi connectivity index (χ1v) is 9.28. The number of amidine groups is 1. The van der Waals surface area contributed by atoms with Crippen molar-refractivity contribution in [2.24, 2.45) is 12.0 Å². The number of allylic oxidation sites excluding steroid dienone is 3. The molecule has 0 radical (unpaired) electrons. The minimum absolute atomic E-state index is 0. The molecule has 0 unspecified atom stereocenters. The molecule has 0 bridgehead atoms. The number of aromatic nitrogens is 1. The lowest BCUT2D eigenvalue weighted by atomic mass is 10.1. The Morgan fingerprint density at radius 2 is 1.68 bits per heavy atom. The van der Waals surface area contributed by atoms with E-state index in [1.807, 2.05) is 0 Å². The molecule has 2 aliphatic heterocycles. The molecule has 4 heteroatoms. The van der Waals surface area contributed by atoms with E-state index in [0.717, 1.165) is 23.6 Å². The van der Waals surface area contributed by atoms with Gasteiger partial charge in [-0.25, -0.2) is 4.99 Å². The number of benzene rings is 2. The summed E-state index contributed by atoms with van der Waals surface area (Å²) >= 11 is 0. The van der Waals surface area contributed by atoms with Gasteiger partial charge in [0.05, 0.1) is 16.9 Å². The zero-order valence-electron chi connectivity index (χ0n) is 16.0. The van der Waals surface area contributed by atoms with Crippen molar-refractivity contribution in [2.45, 2.75) is 13.3 Å². The molecular weight excluding hydrogens is 410 g/mol. The Balaban J connectivity index is 0.00000192. The monoisotopic (exact) mass is 431 g/mol. The van der Waals surface area contributed by atoms with E-state index in [-0.39, 0.29) is 17.0 Å². The zero-order valence-corrected chi connectivity index (χ0v) is 17.7. The van der Waals surface area contributed by atoms with Crippen molar-refractivity contribution in [3.63, 3.8) is 0 Å². The maximum absolute atomic E-state index is 5.21. The fraction of sp³-hybridized carbons (Fsp3) is 0.125. The van der Waals surface area contributed by atoms with Gasteiger partial charge < -0.3 is 9.47 Å². The molecule has 0 amide bonds. The molecule has 0 atom stereocenters. The van der Waals surface area contributed by atoms with E-state index in [1.54, 1.807) is 0 Å². The van der Waals surface area contributed by atoms with Crippen molar-refractivity contribution in [1.82, 2.24) is 9.47 Å². The van der Waals surface area contributed by atoms with E-state index in [1.165, 1.54) is 27.7 Å². The van der Waals surface area contributed by atoms with Crippen LogP contribution in [0.2, 0.25) is 0 Å². The molecule has 0 saturated heterocycles. The van der Waals surface area contributed by atoms with Gasteiger partial charge in [0, 0.05) is 36.3 Å². The molecule has 2 aliphatic rings. The smallest absolute Gasteiger partial charge is 0.118 e. The lowest BCUT2D eigenvalue weighted by Gasteiger charge is -2.19. The van der Waals surface area contributed by atoms with Crippen molar-refractivity contribution < 1.29 is 0 Å². The van der Waals surface area contributed by atoms with Crippen molar-refractivity contribution in [2.75, 3.05) is 0 Å². The molecule has 0 aliphatic carbocycles. The summed E-state index contributed by atoms with van der Waals surface area (Å²) in [6, 6.07) is 19.1. The predicted molar refractivity (Wildman–Crippen MR) is 123 cm³/mol. The summed E-state index contributed by atoms with van der Waals surface area (Å²) in [6.07, 6.45) is 9.31. The highest BCUT2D eigenvalue weighted by molar-refractivity contribution is 8.93. The average molecular weight is 432 g/mol. The number of halogens is 1. The highest BCUT2D eigenvalue weighted by atomic mass is 79.9. The fourth-order valence-corrected chi connectivity index (χ4v) is 4.06. The normalized spacial score (nSPS) is 16.8. The molecule has 140 valence electrons. The molecule has 0 fully saturated rings. The molecule has 3 aromatic rings. The van der Waals surface area contributed by atoms with Crippen LogP contribution >= 0.6 is 17.0 Å². The predicted octanol–water partition coefficient (Wildman–Crippen LogP) is 6.52. The van der Waals surface area contributed by atoms with E-state index < -0.39 is 0 Å². The third kappa shape index (κ3) is 2.85. The number of fused-ring (bicyclic) bond motifs is 2. The maximum Gasteiger partial charge on any atom is 0.118 e. The molecule has 0 saturated carbocycles. The Hall–Kier alpha value is -2.85. The molecule has 28 heavy (non-hydrogen) atoms. The summed E-state index contributed by atoms with van der Waals surface area (Å²) in [7, 11) is 2.13. The highest BCUT2D eigenvalue weighted by Gasteiger charge is 2.25. The molecule has 0 N–H and O–H groups in total. The molecule has 1 aromatic heterocycles. The minimum atomic E-state index is 0. The van der Waals surface area contributed by atoms with Crippen LogP contribution in [0.1, 0.15) is 13.3 Å². The van der Waals surface area contributed by atoms with Gasteiger partial charge in [0.25, 0.3) is 0 Å². The number of aryl methyl sites for hydroxylation is 1. The van der Waals surface area contributed by atoms with Crippen LogP contribution in [0.3, 0.4) is 0 Å². The number of hydrogen-bond acceptors (Lipinski definition) is 1. The van der Waals surface area contributed by atoms with Crippen LogP contribution in [0.25, 0.3) is 22.2 Å². The van der Waals surface area contributed by atoms with Crippen LogP contribution in [0.5, 0.6) is 0 Å². The summed E-state index contributed by atoms with van der Waals surface area (Å²) in [5.41, 5.74) is 7.20. The van der Waals surface area contributed by atoms with Crippen LogP contribution in [0.15, 0.2) is 95.3 Å². The second-order valence-corrected chi connectivity index (χ2v) is 7.08. The lowest BCUT2D eigenvalue weighted by molar-refractivity contribution is 0.719. The van der Waals surface area contributed by atoms with Gasteiger partial charge >= 0.3 is 0 Å². The van der Waals surface area contributed by atoms with E-state index in [0.29, 0.717) is 0 Å². The second-order valence-electron chi connectivity index (χ2n) is 7.08. The minimum Gasteiger partial charge on any atom is -0.342 e. The quantitative estimate of drug-likeness (QED) is 0.452. The fourth-order valence-electron chi connectivity index (χ4n) is 4.06. The van der Waals surface area contributed by atoms with E-state index in [4.69, 9.17) is 4.99 Å². The number of rotatable bonds is 2. The Labute approximate surface area is 175 Å². The molecule has 3 nitrogen and oxygen atoms in total. The Morgan fingerprint density at radius 3 is 2.50 bits per heavy atom. The molecule has 5 rings (SSSR count). The summed E-state index contributed by atoms with van der Waals surface area (Å²) in [5.74, 6) is 1.08. The Kier molecular flexibility index (Phi) is 4.82. The molecule has 2 aromatic carbocycles. The topological polar surface area (TPSA) is 20.5 Å². The third-order valence-corrected chi connectivity index (χ3v) is 5.37. The number of nitrogens with zero attached hydrogens (tertiary/aromatic N) is 3. The first kappa shape index (κ1) is 18.5. The van der Waals surface area contributed by atoms with Crippen LogP contribution < -0.4 is 0 Å². The van der Waals surface area contributed by atoms with E-state index >= 15 is 0 Å².